The molecule has 2 rings (SSSR count). The van der Waals surface area contributed by atoms with Crippen molar-refractivity contribution < 1.29 is 5.11 Å². The van der Waals surface area contributed by atoms with Crippen molar-refractivity contribution in [2.24, 2.45) is 0 Å². The number of hydrogen-bond donors (Lipinski definition) is 2. The van der Waals surface area contributed by atoms with Crippen molar-refractivity contribution in [3.05, 3.63) is 57.0 Å². The van der Waals surface area contributed by atoms with Gasteiger partial charge in [-0.05, 0) is 42.8 Å². The summed E-state index contributed by atoms with van der Waals surface area (Å²) < 4.78 is 1.06. The molecular weight excluding hydrogens is 314 g/mol. The molecule has 2 aromatic rings. The summed E-state index contributed by atoms with van der Waals surface area (Å²) in [6.45, 7) is 2.57. The van der Waals surface area contributed by atoms with Gasteiger partial charge in [-0.1, -0.05) is 33.6 Å². The molecule has 2 N–H and O–H groups in total. The second-order valence-electron chi connectivity index (χ2n) is 4.09. The van der Waals surface area contributed by atoms with E-state index in [9.17, 15) is 5.11 Å². The van der Waals surface area contributed by atoms with Crippen LogP contribution in [0.15, 0.2) is 40.9 Å². The average Bonchev–Trinajstić information content (AvgIpc) is 2.34. The van der Waals surface area contributed by atoms with Gasteiger partial charge in [0.1, 0.15) is 5.75 Å². The fraction of sp³-hybridized carbons (Fsp3) is 0.143. The summed E-state index contributed by atoms with van der Waals surface area (Å²) in [5.74, 6) is 0.248. The van der Waals surface area contributed by atoms with Crippen LogP contribution >= 0.6 is 27.5 Å². The van der Waals surface area contributed by atoms with E-state index in [-0.39, 0.29) is 5.75 Å². The highest BCUT2D eigenvalue weighted by molar-refractivity contribution is 9.10. The number of phenols is 1. The van der Waals surface area contributed by atoms with Gasteiger partial charge in [0.05, 0.1) is 0 Å². The van der Waals surface area contributed by atoms with E-state index in [1.165, 1.54) is 5.56 Å². The first-order valence-electron chi connectivity index (χ1n) is 5.53. The van der Waals surface area contributed by atoms with Crippen LogP contribution < -0.4 is 5.32 Å². The molecule has 18 heavy (non-hydrogen) atoms. The van der Waals surface area contributed by atoms with Crippen LogP contribution in [0.5, 0.6) is 5.75 Å². The summed E-state index contributed by atoms with van der Waals surface area (Å²) in [6.07, 6.45) is 0. The van der Waals surface area contributed by atoms with Crippen LogP contribution in [0.1, 0.15) is 11.1 Å². The summed E-state index contributed by atoms with van der Waals surface area (Å²) in [5, 5.41) is 13.6. The highest BCUT2D eigenvalue weighted by Gasteiger charge is 2.03. The summed E-state index contributed by atoms with van der Waals surface area (Å²) >= 11 is 9.39. The third kappa shape index (κ3) is 3.18. The first-order chi connectivity index (χ1) is 8.56. The lowest BCUT2D eigenvalue weighted by molar-refractivity contribution is 0.469. The van der Waals surface area contributed by atoms with Crippen molar-refractivity contribution >= 4 is 33.2 Å². The Morgan fingerprint density at radius 3 is 2.72 bits per heavy atom. The smallest absolute Gasteiger partial charge is 0.120 e. The fourth-order valence-electron chi connectivity index (χ4n) is 1.60. The molecule has 0 saturated carbocycles. The number of halogens is 2. The minimum Gasteiger partial charge on any atom is -0.508 e. The first-order valence-corrected chi connectivity index (χ1v) is 6.71. The van der Waals surface area contributed by atoms with E-state index in [1.807, 2.05) is 25.1 Å². The van der Waals surface area contributed by atoms with E-state index in [4.69, 9.17) is 11.6 Å². The topological polar surface area (TPSA) is 32.3 Å². The zero-order valence-electron chi connectivity index (χ0n) is 9.87. The van der Waals surface area contributed by atoms with Crippen LogP contribution in [0, 0.1) is 6.92 Å². The maximum absolute atomic E-state index is 9.70. The van der Waals surface area contributed by atoms with Crippen LogP contribution in [0.25, 0.3) is 0 Å². The number of hydrogen-bond acceptors (Lipinski definition) is 2. The van der Waals surface area contributed by atoms with Crippen molar-refractivity contribution in [1.82, 2.24) is 0 Å². The first kappa shape index (κ1) is 13.2. The molecule has 0 aromatic heterocycles. The third-order valence-electron chi connectivity index (χ3n) is 2.70. The Morgan fingerprint density at radius 1 is 1.22 bits per heavy atom. The second-order valence-corrected chi connectivity index (χ2v) is 5.38. The van der Waals surface area contributed by atoms with Gasteiger partial charge >= 0.3 is 0 Å². The molecule has 0 unspecified atom stereocenters. The Morgan fingerprint density at radius 2 is 2.00 bits per heavy atom. The van der Waals surface area contributed by atoms with E-state index in [0.717, 1.165) is 15.7 Å². The maximum Gasteiger partial charge on any atom is 0.120 e. The van der Waals surface area contributed by atoms with Crippen molar-refractivity contribution in [1.29, 1.82) is 0 Å². The molecule has 0 spiro atoms. The van der Waals surface area contributed by atoms with Gasteiger partial charge in [0.2, 0.25) is 0 Å². The molecule has 0 aliphatic heterocycles. The molecular formula is C14H13BrClNO. The van der Waals surface area contributed by atoms with Gasteiger partial charge in [-0.15, -0.1) is 0 Å². The molecule has 2 aromatic carbocycles. The Balaban J connectivity index is 2.11. The summed E-state index contributed by atoms with van der Waals surface area (Å²) in [6, 6.07) is 11.1. The number of phenolic OH excluding ortho intramolecular Hbond substituents is 1. The normalized spacial score (nSPS) is 10.4. The standard InChI is InChI=1S/C14H13BrClNO/c1-9-2-4-12(7-13(9)15)17-8-10-6-11(16)3-5-14(10)18/h2-7,17-18H,8H2,1H3. The van der Waals surface area contributed by atoms with Crippen LogP contribution in [0.2, 0.25) is 5.02 Å². The summed E-state index contributed by atoms with van der Waals surface area (Å²) in [4.78, 5) is 0. The number of anilines is 1. The predicted molar refractivity (Wildman–Crippen MR) is 79.3 cm³/mol. The van der Waals surface area contributed by atoms with Gasteiger partial charge in [-0.2, -0.15) is 0 Å². The third-order valence-corrected chi connectivity index (χ3v) is 3.79. The lowest BCUT2D eigenvalue weighted by Gasteiger charge is -2.09. The van der Waals surface area contributed by atoms with E-state index in [1.54, 1.807) is 18.2 Å². The van der Waals surface area contributed by atoms with Crippen molar-refractivity contribution in [3.8, 4) is 5.75 Å². The molecule has 0 saturated heterocycles. The van der Waals surface area contributed by atoms with E-state index in [0.29, 0.717) is 11.6 Å². The van der Waals surface area contributed by atoms with Gasteiger partial charge in [0, 0.05) is 27.3 Å². The van der Waals surface area contributed by atoms with Gasteiger partial charge in [0.25, 0.3) is 0 Å². The van der Waals surface area contributed by atoms with Gasteiger partial charge in [-0.25, -0.2) is 0 Å². The van der Waals surface area contributed by atoms with E-state index < -0.39 is 0 Å². The molecule has 0 fully saturated rings. The highest BCUT2D eigenvalue weighted by atomic mass is 79.9. The zero-order chi connectivity index (χ0) is 13.1. The van der Waals surface area contributed by atoms with Crippen molar-refractivity contribution in [2.45, 2.75) is 13.5 Å². The largest absolute Gasteiger partial charge is 0.508 e. The Bertz CT molecular complexity index is 572. The average molecular weight is 327 g/mol. The Hall–Kier alpha value is -1.19. The SMILES string of the molecule is Cc1ccc(NCc2cc(Cl)ccc2O)cc1Br. The van der Waals surface area contributed by atoms with Crippen molar-refractivity contribution in [3.63, 3.8) is 0 Å². The van der Waals surface area contributed by atoms with Crippen LogP contribution in [-0.4, -0.2) is 5.11 Å². The molecule has 94 valence electrons. The Labute approximate surface area is 120 Å². The number of aromatic hydroxyl groups is 1. The van der Waals surface area contributed by atoms with Crippen LogP contribution in [-0.2, 0) is 6.54 Å². The molecule has 2 nitrogen and oxygen atoms in total. The lowest BCUT2D eigenvalue weighted by Crippen LogP contribution is -1.99. The van der Waals surface area contributed by atoms with Crippen LogP contribution in [0.4, 0.5) is 5.69 Å². The maximum atomic E-state index is 9.70. The van der Waals surface area contributed by atoms with Gasteiger partial charge in [-0.3, -0.25) is 0 Å². The van der Waals surface area contributed by atoms with E-state index in [2.05, 4.69) is 21.2 Å². The predicted octanol–water partition coefficient (Wildman–Crippen LogP) is 4.73. The molecule has 0 bridgehead atoms. The summed E-state index contributed by atoms with van der Waals surface area (Å²) in [5.41, 5.74) is 2.96. The Kier molecular flexibility index (Phi) is 4.15. The zero-order valence-corrected chi connectivity index (χ0v) is 12.2. The molecule has 0 heterocycles. The number of aryl methyl sites for hydroxylation is 1. The lowest BCUT2D eigenvalue weighted by atomic mass is 10.2. The molecule has 0 amide bonds. The minimum absolute atomic E-state index is 0.248. The molecule has 0 radical (unpaired) electrons. The monoisotopic (exact) mass is 325 g/mol. The molecule has 0 aliphatic rings. The van der Waals surface area contributed by atoms with E-state index >= 15 is 0 Å². The van der Waals surface area contributed by atoms with Gasteiger partial charge in [0.15, 0.2) is 0 Å². The molecule has 0 aliphatic carbocycles. The molecule has 4 heteroatoms. The highest BCUT2D eigenvalue weighted by Crippen LogP contribution is 2.24. The fourth-order valence-corrected chi connectivity index (χ4v) is 2.17. The second kappa shape index (κ2) is 5.63. The number of benzene rings is 2. The van der Waals surface area contributed by atoms with Crippen molar-refractivity contribution in [2.75, 3.05) is 5.32 Å². The van der Waals surface area contributed by atoms with Gasteiger partial charge < -0.3 is 10.4 Å². The quantitative estimate of drug-likeness (QED) is 0.854. The van der Waals surface area contributed by atoms with Crippen LogP contribution in [0.3, 0.4) is 0 Å². The number of rotatable bonds is 3. The molecule has 0 atom stereocenters. The summed E-state index contributed by atoms with van der Waals surface area (Å²) in [7, 11) is 0. The minimum atomic E-state index is 0.248. The number of nitrogens with one attached hydrogen (secondary N) is 1.